The predicted molar refractivity (Wildman–Crippen MR) is 115 cm³/mol. The Labute approximate surface area is 167 Å². The van der Waals surface area contributed by atoms with Crippen LogP contribution in [0.5, 0.6) is 0 Å². The zero-order chi connectivity index (χ0) is 16.5. The molecule has 0 aromatic carbocycles. The molecule has 138 valence electrons. The molecular formula is C18H32IN3OS. The van der Waals surface area contributed by atoms with Crippen LogP contribution in [-0.2, 0) is 6.54 Å². The van der Waals surface area contributed by atoms with Gasteiger partial charge in [0.15, 0.2) is 5.96 Å². The molecule has 1 aromatic heterocycles. The van der Waals surface area contributed by atoms with Crippen molar-refractivity contribution in [2.24, 2.45) is 10.4 Å². The summed E-state index contributed by atoms with van der Waals surface area (Å²) >= 11 is 1.81. The van der Waals surface area contributed by atoms with Crippen LogP contribution < -0.4 is 10.6 Å². The van der Waals surface area contributed by atoms with Crippen molar-refractivity contribution in [3.05, 3.63) is 21.9 Å². The Morgan fingerprint density at radius 3 is 2.58 bits per heavy atom. The zero-order valence-electron chi connectivity index (χ0n) is 14.9. The number of guanidine groups is 1. The van der Waals surface area contributed by atoms with Gasteiger partial charge < -0.3 is 15.7 Å². The summed E-state index contributed by atoms with van der Waals surface area (Å²) in [6.45, 7) is 7.00. The van der Waals surface area contributed by atoms with E-state index in [0.29, 0.717) is 0 Å². The molecule has 0 spiro atoms. The van der Waals surface area contributed by atoms with Gasteiger partial charge >= 0.3 is 0 Å². The van der Waals surface area contributed by atoms with Crippen LogP contribution in [0.2, 0.25) is 0 Å². The van der Waals surface area contributed by atoms with E-state index in [9.17, 15) is 5.11 Å². The van der Waals surface area contributed by atoms with Gasteiger partial charge in [-0.2, -0.15) is 0 Å². The van der Waals surface area contributed by atoms with Crippen molar-refractivity contribution in [3.63, 3.8) is 0 Å². The van der Waals surface area contributed by atoms with E-state index in [2.05, 4.69) is 36.6 Å². The zero-order valence-corrected chi connectivity index (χ0v) is 18.1. The molecule has 0 aliphatic heterocycles. The molecule has 1 aromatic rings. The summed E-state index contributed by atoms with van der Waals surface area (Å²) in [6.07, 6.45) is 7.21. The number of hydrogen-bond donors (Lipinski definition) is 3. The summed E-state index contributed by atoms with van der Waals surface area (Å²) in [5, 5.41) is 16.3. The quantitative estimate of drug-likeness (QED) is 0.324. The summed E-state index contributed by atoms with van der Waals surface area (Å²) in [7, 11) is 0. The second kappa shape index (κ2) is 11.3. The molecule has 3 N–H and O–H groups in total. The van der Waals surface area contributed by atoms with Gasteiger partial charge in [-0.05, 0) is 50.7 Å². The van der Waals surface area contributed by atoms with Crippen molar-refractivity contribution < 1.29 is 5.11 Å². The van der Waals surface area contributed by atoms with E-state index in [4.69, 9.17) is 4.99 Å². The van der Waals surface area contributed by atoms with E-state index in [0.717, 1.165) is 32.0 Å². The standard InChI is InChI=1S/C18H31N3OS.HI/c1-3-19-17(20-13-16-8-7-15(2)23-16)21-14-18(11-12-22)9-5-4-6-10-18;/h7-8,22H,3-6,9-14H2,1-2H3,(H2,19,20,21);1H. The van der Waals surface area contributed by atoms with Crippen molar-refractivity contribution in [2.75, 3.05) is 19.7 Å². The normalized spacial score (nSPS) is 17.2. The first-order chi connectivity index (χ1) is 11.2. The highest BCUT2D eigenvalue weighted by Crippen LogP contribution is 2.38. The van der Waals surface area contributed by atoms with Crippen LogP contribution in [0.25, 0.3) is 0 Å². The SMILES string of the molecule is CCNC(=NCc1ccc(C)s1)NCC1(CCO)CCCCC1.I. The minimum absolute atomic E-state index is 0. The number of rotatable bonds is 7. The number of aliphatic hydroxyl groups is 1. The van der Waals surface area contributed by atoms with Gasteiger partial charge in [0.1, 0.15) is 0 Å². The van der Waals surface area contributed by atoms with Gasteiger partial charge in [0.05, 0.1) is 6.54 Å². The molecule has 4 nitrogen and oxygen atoms in total. The first kappa shape index (κ1) is 21.7. The van der Waals surface area contributed by atoms with Crippen molar-refractivity contribution >= 4 is 41.3 Å². The Morgan fingerprint density at radius 2 is 2.00 bits per heavy atom. The lowest BCUT2D eigenvalue weighted by molar-refractivity contribution is 0.131. The Hall–Kier alpha value is -0.340. The van der Waals surface area contributed by atoms with Gasteiger partial charge in [-0.3, -0.25) is 0 Å². The summed E-state index contributed by atoms with van der Waals surface area (Å²) in [5.41, 5.74) is 0.239. The molecule has 6 heteroatoms. The van der Waals surface area contributed by atoms with E-state index in [1.807, 2.05) is 0 Å². The number of halogens is 1. The van der Waals surface area contributed by atoms with Gasteiger partial charge in [0.25, 0.3) is 0 Å². The third-order valence-corrected chi connectivity index (χ3v) is 5.71. The molecule has 1 aliphatic carbocycles. The molecule has 0 atom stereocenters. The van der Waals surface area contributed by atoms with E-state index in [-0.39, 0.29) is 36.0 Å². The summed E-state index contributed by atoms with van der Waals surface area (Å²) in [6, 6.07) is 4.30. The number of aliphatic hydroxyl groups excluding tert-OH is 1. The Morgan fingerprint density at radius 1 is 1.25 bits per heavy atom. The van der Waals surface area contributed by atoms with Crippen molar-refractivity contribution in [3.8, 4) is 0 Å². The minimum Gasteiger partial charge on any atom is -0.396 e. The van der Waals surface area contributed by atoms with Crippen LogP contribution in [0.4, 0.5) is 0 Å². The smallest absolute Gasteiger partial charge is 0.191 e. The number of hydrogen-bond acceptors (Lipinski definition) is 3. The van der Waals surface area contributed by atoms with Crippen molar-refractivity contribution in [1.29, 1.82) is 0 Å². The van der Waals surface area contributed by atoms with Gasteiger partial charge in [-0.1, -0.05) is 19.3 Å². The third-order valence-electron chi connectivity index (χ3n) is 4.72. The van der Waals surface area contributed by atoms with E-state index in [1.165, 1.54) is 41.9 Å². The van der Waals surface area contributed by atoms with E-state index in [1.54, 1.807) is 11.3 Å². The van der Waals surface area contributed by atoms with Crippen LogP contribution in [0, 0.1) is 12.3 Å². The topological polar surface area (TPSA) is 56.7 Å². The molecule has 0 unspecified atom stereocenters. The highest BCUT2D eigenvalue weighted by molar-refractivity contribution is 14.0. The number of thiophene rings is 1. The highest BCUT2D eigenvalue weighted by Gasteiger charge is 2.31. The summed E-state index contributed by atoms with van der Waals surface area (Å²) in [5.74, 6) is 0.890. The monoisotopic (exact) mass is 465 g/mol. The van der Waals surface area contributed by atoms with Crippen LogP contribution in [0.3, 0.4) is 0 Å². The molecule has 0 bridgehead atoms. The van der Waals surface area contributed by atoms with Gasteiger partial charge in [-0.15, -0.1) is 35.3 Å². The first-order valence-corrected chi connectivity index (χ1v) is 9.67. The lowest BCUT2D eigenvalue weighted by Crippen LogP contribution is -2.44. The second-order valence-corrected chi connectivity index (χ2v) is 7.97. The molecular weight excluding hydrogens is 433 g/mol. The average Bonchev–Trinajstić information content (AvgIpc) is 2.97. The molecule has 0 saturated heterocycles. The molecule has 2 rings (SSSR count). The van der Waals surface area contributed by atoms with E-state index < -0.39 is 0 Å². The minimum atomic E-state index is 0. The van der Waals surface area contributed by atoms with Crippen molar-refractivity contribution in [2.45, 2.75) is 58.9 Å². The van der Waals surface area contributed by atoms with Crippen molar-refractivity contribution in [1.82, 2.24) is 10.6 Å². The number of aliphatic imine (C=N–C) groups is 1. The summed E-state index contributed by atoms with van der Waals surface area (Å²) in [4.78, 5) is 7.34. The van der Waals surface area contributed by atoms with Gasteiger partial charge in [0.2, 0.25) is 0 Å². The fourth-order valence-electron chi connectivity index (χ4n) is 3.39. The van der Waals surface area contributed by atoms with Crippen LogP contribution in [0.15, 0.2) is 17.1 Å². The largest absolute Gasteiger partial charge is 0.396 e. The number of nitrogens with one attached hydrogen (secondary N) is 2. The fourth-order valence-corrected chi connectivity index (χ4v) is 4.21. The lowest BCUT2D eigenvalue weighted by atomic mass is 9.72. The molecule has 1 heterocycles. The maximum absolute atomic E-state index is 9.43. The molecule has 24 heavy (non-hydrogen) atoms. The van der Waals surface area contributed by atoms with Gasteiger partial charge in [-0.25, -0.2) is 4.99 Å². The molecule has 0 radical (unpaired) electrons. The number of nitrogens with zero attached hydrogens (tertiary/aromatic N) is 1. The first-order valence-electron chi connectivity index (χ1n) is 8.86. The highest BCUT2D eigenvalue weighted by atomic mass is 127. The second-order valence-electron chi connectivity index (χ2n) is 6.60. The fraction of sp³-hybridized carbons (Fsp3) is 0.722. The maximum Gasteiger partial charge on any atom is 0.191 e. The molecule has 1 saturated carbocycles. The molecule has 1 aliphatic rings. The third kappa shape index (κ3) is 6.88. The van der Waals surface area contributed by atoms with Crippen LogP contribution >= 0.6 is 35.3 Å². The molecule has 1 fully saturated rings. The average molecular weight is 465 g/mol. The predicted octanol–water partition coefficient (Wildman–Crippen LogP) is 4.06. The molecule has 0 amide bonds. The van der Waals surface area contributed by atoms with Gasteiger partial charge in [0, 0.05) is 29.5 Å². The number of aryl methyl sites for hydroxylation is 1. The Bertz CT molecular complexity index is 493. The Balaban J connectivity index is 0.00000288. The van der Waals surface area contributed by atoms with E-state index >= 15 is 0 Å². The lowest BCUT2D eigenvalue weighted by Gasteiger charge is -2.37. The summed E-state index contributed by atoms with van der Waals surface area (Å²) < 4.78 is 0. The van der Waals surface area contributed by atoms with Crippen LogP contribution in [-0.4, -0.2) is 30.8 Å². The maximum atomic E-state index is 9.43. The Kier molecular flexibility index (Phi) is 10.2. The van der Waals surface area contributed by atoms with Crippen LogP contribution in [0.1, 0.15) is 55.2 Å².